The van der Waals surface area contributed by atoms with Crippen molar-refractivity contribution in [3.05, 3.63) is 41.4 Å². The summed E-state index contributed by atoms with van der Waals surface area (Å²) in [6, 6.07) is 5.98. The van der Waals surface area contributed by atoms with Crippen molar-refractivity contribution in [3.8, 4) is 5.75 Å². The number of esters is 1. The summed E-state index contributed by atoms with van der Waals surface area (Å²) in [6.07, 6.45) is 5.15. The van der Waals surface area contributed by atoms with Gasteiger partial charge in [0.2, 0.25) is 0 Å². The van der Waals surface area contributed by atoms with Crippen LogP contribution in [0.3, 0.4) is 0 Å². The first-order valence-electron chi connectivity index (χ1n) is 10.3. The zero-order chi connectivity index (χ0) is 20.3. The van der Waals surface area contributed by atoms with Crippen LogP contribution in [0.15, 0.2) is 30.3 Å². The van der Waals surface area contributed by atoms with Gasteiger partial charge in [-0.15, -0.1) is 6.58 Å². The number of aliphatic hydroxyl groups is 1. The molecule has 150 valence electrons. The lowest BCUT2D eigenvalue weighted by Gasteiger charge is -2.53. The molecule has 3 aliphatic rings. The first kappa shape index (κ1) is 19.7. The monoisotopic (exact) mass is 384 g/mol. The van der Waals surface area contributed by atoms with Crippen LogP contribution in [-0.2, 0) is 11.2 Å². The van der Waals surface area contributed by atoms with Crippen LogP contribution in [0.5, 0.6) is 5.75 Å². The fourth-order valence-corrected chi connectivity index (χ4v) is 6.55. The standard InChI is InChI=1S/C22H29BO5/c1-13(23(26)27)22(25)11-9-20-19-6-4-15-12-16(28-14(2)24)5-7-17(15)18(19)8-10-21(20,22)3/h5,7,12,18-20,25-27H,1,4,6,8-11H2,2-3H3/t18?,19?,20?,21-,22+/m0/s1. The van der Waals surface area contributed by atoms with E-state index in [0.29, 0.717) is 29.9 Å². The maximum atomic E-state index is 11.4. The number of hydrogen-bond donors (Lipinski definition) is 3. The summed E-state index contributed by atoms with van der Waals surface area (Å²) in [6.45, 7) is 7.34. The van der Waals surface area contributed by atoms with Crippen molar-refractivity contribution < 1.29 is 24.7 Å². The van der Waals surface area contributed by atoms with Gasteiger partial charge in [0, 0.05) is 12.3 Å². The van der Waals surface area contributed by atoms with E-state index >= 15 is 0 Å². The van der Waals surface area contributed by atoms with E-state index in [2.05, 4.69) is 19.6 Å². The first-order chi connectivity index (χ1) is 13.2. The van der Waals surface area contributed by atoms with Crippen LogP contribution in [0.2, 0.25) is 0 Å². The van der Waals surface area contributed by atoms with E-state index in [4.69, 9.17) is 4.74 Å². The summed E-state index contributed by atoms with van der Waals surface area (Å²) in [7, 11) is -1.69. The van der Waals surface area contributed by atoms with Crippen LogP contribution in [0.4, 0.5) is 0 Å². The number of fused-ring (bicyclic) bond motifs is 5. The lowest BCUT2D eigenvalue weighted by atomic mass is 9.50. The van der Waals surface area contributed by atoms with Crippen molar-refractivity contribution in [2.45, 2.75) is 63.9 Å². The van der Waals surface area contributed by atoms with Gasteiger partial charge in [-0.1, -0.05) is 13.0 Å². The zero-order valence-electron chi connectivity index (χ0n) is 16.6. The third-order valence-electron chi connectivity index (χ3n) is 7.95. The summed E-state index contributed by atoms with van der Waals surface area (Å²) in [5.41, 5.74) is 1.12. The lowest BCUT2D eigenvalue weighted by molar-refractivity contribution is -0.131. The normalized spacial score (nSPS) is 36.1. The second kappa shape index (κ2) is 6.72. The highest BCUT2D eigenvalue weighted by Gasteiger charge is 2.63. The molecule has 28 heavy (non-hydrogen) atoms. The topological polar surface area (TPSA) is 87.0 Å². The fraction of sp³-hybridized carbons (Fsp3) is 0.591. The van der Waals surface area contributed by atoms with E-state index in [1.165, 1.54) is 18.1 Å². The van der Waals surface area contributed by atoms with Crippen molar-refractivity contribution in [2.24, 2.45) is 17.3 Å². The van der Waals surface area contributed by atoms with Crippen molar-refractivity contribution in [3.63, 3.8) is 0 Å². The minimum absolute atomic E-state index is 0.137. The molecule has 0 aliphatic heterocycles. The van der Waals surface area contributed by atoms with Crippen LogP contribution >= 0.6 is 0 Å². The number of hydrogen-bond acceptors (Lipinski definition) is 5. The number of benzene rings is 1. The molecule has 3 N–H and O–H groups in total. The molecular weight excluding hydrogens is 355 g/mol. The minimum Gasteiger partial charge on any atom is -0.427 e. The zero-order valence-corrected chi connectivity index (χ0v) is 16.6. The number of aryl methyl sites for hydroxylation is 1. The van der Waals surface area contributed by atoms with Crippen molar-refractivity contribution >= 4 is 13.1 Å². The quantitative estimate of drug-likeness (QED) is 0.424. The van der Waals surface area contributed by atoms with Gasteiger partial charge < -0.3 is 19.9 Å². The smallest absolute Gasteiger partial charge is 0.427 e. The Balaban J connectivity index is 1.63. The first-order valence-corrected chi connectivity index (χ1v) is 10.3. The SMILES string of the molecule is C=C(B(O)O)[C@]1(O)CCC2C3CCc4cc(OC(C)=O)ccc4C3CC[C@@]21C. The molecule has 0 heterocycles. The Morgan fingerprint density at radius 1 is 1.25 bits per heavy atom. The molecule has 0 saturated heterocycles. The van der Waals surface area contributed by atoms with Gasteiger partial charge in [-0.2, -0.15) is 0 Å². The van der Waals surface area contributed by atoms with Gasteiger partial charge in [-0.3, -0.25) is 4.79 Å². The second-order valence-electron chi connectivity index (χ2n) is 9.12. The lowest BCUT2D eigenvalue weighted by Crippen LogP contribution is -2.53. The van der Waals surface area contributed by atoms with Gasteiger partial charge in [-0.05, 0) is 85.0 Å². The molecule has 0 bridgehead atoms. The number of carbonyl (C=O) groups is 1. The van der Waals surface area contributed by atoms with Gasteiger partial charge in [0.05, 0.1) is 5.60 Å². The van der Waals surface area contributed by atoms with Gasteiger partial charge in [0.15, 0.2) is 0 Å². The molecule has 1 aromatic rings. The largest absolute Gasteiger partial charge is 0.486 e. The Bertz CT molecular complexity index is 821. The van der Waals surface area contributed by atoms with Gasteiger partial charge >= 0.3 is 13.1 Å². The van der Waals surface area contributed by atoms with E-state index in [9.17, 15) is 19.9 Å². The second-order valence-corrected chi connectivity index (χ2v) is 9.12. The molecule has 0 spiro atoms. The molecular formula is C22H29BO5. The molecule has 0 aromatic heterocycles. The molecule has 6 heteroatoms. The summed E-state index contributed by atoms with van der Waals surface area (Å²) in [5.74, 6) is 1.52. The highest BCUT2D eigenvalue weighted by Crippen LogP contribution is 2.65. The summed E-state index contributed by atoms with van der Waals surface area (Å²) in [5, 5.41) is 30.7. The van der Waals surface area contributed by atoms with Crippen LogP contribution in [0.25, 0.3) is 0 Å². The fourth-order valence-electron chi connectivity index (χ4n) is 6.55. The molecule has 4 rings (SSSR count). The van der Waals surface area contributed by atoms with Gasteiger partial charge in [0.25, 0.3) is 0 Å². The van der Waals surface area contributed by atoms with Gasteiger partial charge in [0.1, 0.15) is 5.75 Å². The maximum Gasteiger partial charge on any atom is 0.486 e. The highest BCUT2D eigenvalue weighted by molar-refractivity contribution is 6.51. The molecule has 0 radical (unpaired) electrons. The highest BCUT2D eigenvalue weighted by atomic mass is 16.5. The molecule has 3 unspecified atom stereocenters. The third kappa shape index (κ3) is 2.77. The Kier molecular flexibility index (Phi) is 4.72. The molecule has 1 aromatic carbocycles. The van der Waals surface area contributed by atoms with Gasteiger partial charge in [-0.25, -0.2) is 0 Å². The van der Waals surface area contributed by atoms with E-state index in [0.717, 1.165) is 32.1 Å². The Morgan fingerprint density at radius 2 is 2.00 bits per heavy atom. The molecule has 2 fully saturated rings. The molecule has 3 aliphatic carbocycles. The maximum absolute atomic E-state index is 11.4. The minimum atomic E-state index is -1.69. The predicted octanol–water partition coefficient (Wildman–Crippen LogP) is 2.77. The van der Waals surface area contributed by atoms with Crippen molar-refractivity contribution in [1.29, 1.82) is 0 Å². The molecule has 5 atom stereocenters. The molecule has 5 nitrogen and oxygen atoms in total. The van der Waals surface area contributed by atoms with Crippen molar-refractivity contribution in [2.75, 3.05) is 0 Å². The number of rotatable bonds is 3. The van der Waals surface area contributed by atoms with Crippen LogP contribution < -0.4 is 4.74 Å². The van der Waals surface area contributed by atoms with E-state index < -0.39 is 12.7 Å². The molecule has 0 amide bonds. The summed E-state index contributed by atoms with van der Waals surface area (Å²) >= 11 is 0. The summed E-state index contributed by atoms with van der Waals surface area (Å²) in [4.78, 5) is 11.2. The van der Waals surface area contributed by atoms with Crippen LogP contribution in [0, 0.1) is 17.3 Å². The average Bonchev–Trinajstić information content (AvgIpc) is 2.92. The molecule has 2 saturated carbocycles. The predicted molar refractivity (Wildman–Crippen MR) is 107 cm³/mol. The summed E-state index contributed by atoms with van der Waals surface area (Å²) < 4.78 is 5.25. The average molecular weight is 384 g/mol. The van der Waals surface area contributed by atoms with E-state index in [1.807, 2.05) is 12.1 Å². The Morgan fingerprint density at radius 3 is 2.68 bits per heavy atom. The number of ether oxygens (including phenoxy) is 1. The van der Waals surface area contributed by atoms with E-state index in [-0.39, 0.29) is 16.9 Å². The number of carbonyl (C=O) groups excluding carboxylic acids is 1. The van der Waals surface area contributed by atoms with E-state index in [1.54, 1.807) is 0 Å². The Labute approximate surface area is 166 Å². The van der Waals surface area contributed by atoms with Crippen LogP contribution in [-0.4, -0.2) is 33.8 Å². The third-order valence-corrected chi connectivity index (χ3v) is 7.95. The Hall–Kier alpha value is -1.63. The van der Waals surface area contributed by atoms with Crippen molar-refractivity contribution in [1.82, 2.24) is 0 Å². The van der Waals surface area contributed by atoms with Crippen LogP contribution in [0.1, 0.15) is 63.0 Å².